The molecule has 0 N–H and O–H groups in total. The van der Waals surface area contributed by atoms with Crippen molar-refractivity contribution in [1.82, 2.24) is 9.38 Å². The molecule has 0 fully saturated rings. The number of rotatable bonds is 3. The van der Waals surface area contributed by atoms with Crippen molar-refractivity contribution in [3.05, 3.63) is 35.8 Å². The molecule has 2 rings (SSSR count). The van der Waals surface area contributed by atoms with Gasteiger partial charge in [0.1, 0.15) is 5.65 Å². The van der Waals surface area contributed by atoms with E-state index >= 15 is 0 Å². The summed E-state index contributed by atoms with van der Waals surface area (Å²) in [7, 11) is 0. The third-order valence-corrected chi connectivity index (χ3v) is 3.02. The van der Waals surface area contributed by atoms with Gasteiger partial charge in [-0.05, 0) is 24.5 Å². The lowest BCUT2D eigenvalue weighted by molar-refractivity contribution is -0.137. The summed E-state index contributed by atoms with van der Waals surface area (Å²) in [6.45, 7) is 4.12. The van der Waals surface area contributed by atoms with E-state index in [2.05, 4.69) is 11.9 Å². The minimum Gasteiger partial charge on any atom is -0.306 e. The van der Waals surface area contributed by atoms with Gasteiger partial charge in [0.15, 0.2) is 0 Å². The molecule has 0 saturated heterocycles. The molecule has 5 heteroatoms. The Morgan fingerprint density at radius 1 is 1.28 bits per heavy atom. The molecule has 98 valence electrons. The first-order valence-corrected chi connectivity index (χ1v) is 5.97. The van der Waals surface area contributed by atoms with Gasteiger partial charge >= 0.3 is 6.18 Å². The molecule has 0 saturated carbocycles. The van der Waals surface area contributed by atoms with Crippen LogP contribution in [0.25, 0.3) is 5.65 Å². The van der Waals surface area contributed by atoms with Crippen LogP contribution in [0.3, 0.4) is 0 Å². The van der Waals surface area contributed by atoms with E-state index in [0.717, 1.165) is 30.8 Å². The van der Waals surface area contributed by atoms with Gasteiger partial charge < -0.3 is 4.40 Å². The lowest BCUT2D eigenvalue weighted by atomic mass is 10.0. The van der Waals surface area contributed by atoms with E-state index in [1.165, 1.54) is 10.5 Å². The molecule has 0 aliphatic heterocycles. The van der Waals surface area contributed by atoms with Crippen molar-refractivity contribution >= 4 is 5.65 Å². The number of aromatic nitrogens is 2. The third-order valence-electron chi connectivity index (χ3n) is 3.02. The quantitative estimate of drug-likeness (QED) is 0.802. The summed E-state index contributed by atoms with van der Waals surface area (Å²) in [5.41, 5.74) is 0.749. The summed E-state index contributed by atoms with van der Waals surface area (Å²) in [6.07, 6.45) is 0.474. The van der Waals surface area contributed by atoms with Crippen LogP contribution in [0, 0.1) is 0 Å². The first kappa shape index (κ1) is 12.9. The molecule has 0 spiro atoms. The summed E-state index contributed by atoms with van der Waals surface area (Å²) >= 11 is 0. The standard InChI is InChI=1S/C13H15F3N2/c1-3-4-9(2)11-8-18-7-10(13(14,15)16)5-6-12(18)17-11/h5-9H,3-4H2,1-2H3. The van der Waals surface area contributed by atoms with Crippen molar-refractivity contribution in [2.24, 2.45) is 0 Å². The highest BCUT2D eigenvalue weighted by Crippen LogP contribution is 2.29. The molecule has 0 aliphatic rings. The van der Waals surface area contributed by atoms with E-state index in [4.69, 9.17) is 0 Å². The molecule has 2 nitrogen and oxygen atoms in total. The van der Waals surface area contributed by atoms with Crippen LogP contribution in [0.4, 0.5) is 13.2 Å². The van der Waals surface area contributed by atoms with E-state index in [1.54, 1.807) is 6.20 Å². The first-order valence-electron chi connectivity index (χ1n) is 5.97. The highest BCUT2D eigenvalue weighted by molar-refractivity contribution is 5.42. The molecule has 18 heavy (non-hydrogen) atoms. The Morgan fingerprint density at radius 3 is 2.61 bits per heavy atom. The summed E-state index contributed by atoms with van der Waals surface area (Å²) in [5.74, 6) is 0.268. The molecule has 2 heterocycles. The highest BCUT2D eigenvalue weighted by Gasteiger charge is 2.30. The number of halogens is 3. The van der Waals surface area contributed by atoms with Gasteiger partial charge in [-0.2, -0.15) is 13.2 Å². The molecule has 2 aromatic heterocycles. The highest BCUT2D eigenvalue weighted by atomic mass is 19.4. The number of hydrogen-bond donors (Lipinski definition) is 0. The predicted molar refractivity (Wildman–Crippen MR) is 63.5 cm³/mol. The van der Waals surface area contributed by atoms with Crippen molar-refractivity contribution in [3.63, 3.8) is 0 Å². The summed E-state index contributed by atoms with van der Waals surface area (Å²) in [6, 6.07) is 2.47. The molecular formula is C13H15F3N2. The second kappa shape index (κ2) is 4.63. The zero-order valence-corrected chi connectivity index (χ0v) is 10.3. The van der Waals surface area contributed by atoms with Crippen molar-refractivity contribution in [1.29, 1.82) is 0 Å². The van der Waals surface area contributed by atoms with Crippen LogP contribution in [0.5, 0.6) is 0 Å². The molecule has 2 aromatic rings. The number of pyridine rings is 1. The second-order valence-corrected chi connectivity index (χ2v) is 4.54. The second-order valence-electron chi connectivity index (χ2n) is 4.54. The van der Waals surface area contributed by atoms with Gasteiger partial charge in [0.2, 0.25) is 0 Å². The zero-order chi connectivity index (χ0) is 13.3. The fraction of sp³-hybridized carbons (Fsp3) is 0.462. The minimum absolute atomic E-state index is 0.268. The molecular weight excluding hydrogens is 241 g/mol. The normalized spacial score (nSPS) is 14.1. The van der Waals surface area contributed by atoms with Gasteiger partial charge in [0.05, 0.1) is 11.3 Å². The Kier molecular flexibility index (Phi) is 3.32. The van der Waals surface area contributed by atoms with Crippen LogP contribution in [-0.4, -0.2) is 9.38 Å². The molecule has 0 radical (unpaired) electrons. The van der Waals surface area contributed by atoms with E-state index in [9.17, 15) is 13.2 Å². The molecule has 0 aliphatic carbocycles. The van der Waals surface area contributed by atoms with Gasteiger partial charge in [-0.15, -0.1) is 0 Å². The zero-order valence-electron chi connectivity index (χ0n) is 10.3. The Labute approximate surface area is 103 Å². The number of imidazole rings is 1. The largest absolute Gasteiger partial charge is 0.417 e. The van der Waals surface area contributed by atoms with Crippen LogP contribution in [0.2, 0.25) is 0 Å². The van der Waals surface area contributed by atoms with Crippen molar-refractivity contribution in [2.75, 3.05) is 0 Å². The van der Waals surface area contributed by atoms with Crippen LogP contribution in [0.1, 0.15) is 43.9 Å². The van der Waals surface area contributed by atoms with E-state index in [-0.39, 0.29) is 5.92 Å². The van der Waals surface area contributed by atoms with Crippen LogP contribution < -0.4 is 0 Å². The van der Waals surface area contributed by atoms with Gasteiger partial charge in [-0.1, -0.05) is 20.3 Å². The van der Waals surface area contributed by atoms with Gasteiger partial charge in [-0.25, -0.2) is 4.98 Å². The van der Waals surface area contributed by atoms with Gasteiger partial charge in [0.25, 0.3) is 0 Å². The lowest BCUT2D eigenvalue weighted by Gasteiger charge is -2.06. The van der Waals surface area contributed by atoms with E-state index < -0.39 is 11.7 Å². The Bertz CT molecular complexity index is 543. The smallest absolute Gasteiger partial charge is 0.306 e. The maximum absolute atomic E-state index is 12.6. The van der Waals surface area contributed by atoms with Crippen LogP contribution in [-0.2, 0) is 6.18 Å². The fourth-order valence-electron chi connectivity index (χ4n) is 2.00. The third kappa shape index (κ3) is 2.49. The summed E-state index contributed by atoms with van der Waals surface area (Å²) < 4.78 is 39.2. The lowest BCUT2D eigenvalue weighted by Crippen LogP contribution is -2.05. The number of alkyl halides is 3. The average Bonchev–Trinajstić information content (AvgIpc) is 2.70. The van der Waals surface area contributed by atoms with Gasteiger partial charge in [-0.3, -0.25) is 0 Å². The summed E-state index contributed by atoms with van der Waals surface area (Å²) in [5, 5.41) is 0. The maximum Gasteiger partial charge on any atom is 0.417 e. The topological polar surface area (TPSA) is 17.3 Å². The number of nitrogens with zero attached hydrogens (tertiary/aromatic N) is 2. The molecule has 0 bridgehead atoms. The van der Waals surface area contributed by atoms with E-state index in [1.807, 2.05) is 6.92 Å². The Balaban J connectivity index is 2.40. The monoisotopic (exact) mass is 256 g/mol. The Morgan fingerprint density at radius 2 is 2.00 bits per heavy atom. The number of hydrogen-bond acceptors (Lipinski definition) is 1. The predicted octanol–water partition coefficient (Wildman–Crippen LogP) is 4.26. The molecule has 1 unspecified atom stereocenters. The Hall–Kier alpha value is -1.52. The van der Waals surface area contributed by atoms with Gasteiger partial charge in [0, 0.05) is 12.4 Å². The minimum atomic E-state index is -4.31. The average molecular weight is 256 g/mol. The fourth-order valence-corrected chi connectivity index (χ4v) is 2.00. The molecule has 0 amide bonds. The SMILES string of the molecule is CCCC(C)c1cn2cc(C(F)(F)F)ccc2n1. The van der Waals surface area contributed by atoms with Crippen LogP contribution >= 0.6 is 0 Å². The van der Waals surface area contributed by atoms with Crippen molar-refractivity contribution in [3.8, 4) is 0 Å². The molecule has 0 aromatic carbocycles. The van der Waals surface area contributed by atoms with Crippen molar-refractivity contribution < 1.29 is 13.2 Å². The maximum atomic E-state index is 12.6. The van der Waals surface area contributed by atoms with E-state index in [0.29, 0.717) is 5.65 Å². The van der Waals surface area contributed by atoms with Crippen molar-refractivity contribution in [2.45, 2.75) is 38.8 Å². The summed E-state index contributed by atoms with van der Waals surface area (Å²) in [4.78, 5) is 4.35. The van der Waals surface area contributed by atoms with Crippen LogP contribution in [0.15, 0.2) is 24.5 Å². The molecule has 1 atom stereocenters. The first-order chi connectivity index (χ1) is 8.41. The number of fused-ring (bicyclic) bond motifs is 1.